The van der Waals surface area contributed by atoms with Crippen LogP contribution in [0.15, 0.2) is 24.3 Å². The van der Waals surface area contributed by atoms with Crippen LogP contribution in [0.5, 0.6) is 5.75 Å². The highest BCUT2D eigenvalue weighted by Crippen LogP contribution is 2.12. The second-order valence-electron chi connectivity index (χ2n) is 4.30. The highest BCUT2D eigenvalue weighted by molar-refractivity contribution is 7.80. The van der Waals surface area contributed by atoms with E-state index in [4.69, 9.17) is 27.8 Å². The summed E-state index contributed by atoms with van der Waals surface area (Å²) in [6, 6.07) is 7.44. The van der Waals surface area contributed by atoms with Gasteiger partial charge in [-0.05, 0) is 37.2 Å². The van der Waals surface area contributed by atoms with Crippen LogP contribution in [0.2, 0.25) is 0 Å². The van der Waals surface area contributed by atoms with Gasteiger partial charge in [0.25, 0.3) is 0 Å². The molecule has 1 aromatic rings. The molecule has 0 unspecified atom stereocenters. The van der Waals surface area contributed by atoms with Crippen LogP contribution in [0.4, 0.5) is 0 Å². The molecule has 0 amide bonds. The smallest absolute Gasteiger partial charge is 0.119 e. The van der Waals surface area contributed by atoms with Crippen LogP contribution >= 0.6 is 12.2 Å². The van der Waals surface area contributed by atoms with Crippen molar-refractivity contribution in [3.05, 3.63) is 29.8 Å². The third-order valence-electron chi connectivity index (χ3n) is 2.77. The largest absolute Gasteiger partial charge is 0.492 e. The van der Waals surface area contributed by atoms with Crippen LogP contribution in [-0.2, 0) is 0 Å². The average Bonchev–Trinajstić information content (AvgIpc) is 2.40. The van der Waals surface area contributed by atoms with Gasteiger partial charge in [0, 0.05) is 18.7 Å². The standard InChI is InChI=1S/C14H22N2O2S/c1-2-7-16(8-10-17)9-11-18-13-5-3-12(4-6-13)14(15)19/h3-6,17H,2,7-11H2,1H3,(H2,15,19). The fourth-order valence-electron chi connectivity index (χ4n) is 1.80. The number of thiocarbonyl (C=S) groups is 1. The van der Waals surface area contributed by atoms with E-state index in [9.17, 15) is 0 Å². The molecule has 0 spiro atoms. The third kappa shape index (κ3) is 6.00. The van der Waals surface area contributed by atoms with E-state index >= 15 is 0 Å². The van der Waals surface area contributed by atoms with Crippen molar-refractivity contribution >= 4 is 17.2 Å². The topological polar surface area (TPSA) is 58.7 Å². The van der Waals surface area contributed by atoms with Crippen molar-refractivity contribution in [1.82, 2.24) is 4.90 Å². The monoisotopic (exact) mass is 282 g/mol. The molecule has 0 radical (unpaired) electrons. The molecule has 0 aromatic heterocycles. The van der Waals surface area contributed by atoms with Crippen LogP contribution in [0, 0.1) is 0 Å². The fraction of sp³-hybridized carbons (Fsp3) is 0.500. The van der Waals surface area contributed by atoms with Crippen molar-refractivity contribution in [2.45, 2.75) is 13.3 Å². The average molecular weight is 282 g/mol. The van der Waals surface area contributed by atoms with E-state index in [-0.39, 0.29) is 6.61 Å². The zero-order chi connectivity index (χ0) is 14.1. The highest BCUT2D eigenvalue weighted by Gasteiger charge is 2.03. The van der Waals surface area contributed by atoms with Crippen molar-refractivity contribution in [2.75, 3.05) is 32.8 Å². The molecular weight excluding hydrogens is 260 g/mol. The van der Waals surface area contributed by atoms with Crippen LogP contribution < -0.4 is 10.5 Å². The first-order valence-electron chi connectivity index (χ1n) is 6.53. The lowest BCUT2D eigenvalue weighted by Crippen LogP contribution is -2.31. The minimum absolute atomic E-state index is 0.183. The molecule has 0 fully saturated rings. The molecule has 19 heavy (non-hydrogen) atoms. The minimum atomic E-state index is 0.183. The van der Waals surface area contributed by atoms with Crippen molar-refractivity contribution in [3.63, 3.8) is 0 Å². The van der Waals surface area contributed by atoms with Crippen molar-refractivity contribution in [3.8, 4) is 5.75 Å². The lowest BCUT2D eigenvalue weighted by molar-refractivity contribution is 0.168. The predicted molar refractivity (Wildman–Crippen MR) is 81.6 cm³/mol. The van der Waals surface area contributed by atoms with Gasteiger partial charge in [-0.1, -0.05) is 19.1 Å². The Balaban J connectivity index is 2.37. The van der Waals surface area contributed by atoms with Crippen molar-refractivity contribution in [1.29, 1.82) is 0 Å². The minimum Gasteiger partial charge on any atom is -0.492 e. The van der Waals surface area contributed by atoms with E-state index in [1.54, 1.807) is 0 Å². The van der Waals surface area contributed by atoms with Gasteiger partial charge in [0.2, 0.25) is 0 Å². The zero-order valence-electron chi connectivity index (χ0n) is 11.3. The molecule has 0 aliphatic rings. The Labute approximate surface area is 120 Å². The summed E-state index contributed by atoms with van der Waals surface area (Å²) < 4.78 is 5.66. The molecule has 0 aliphatic heterocycles. The molecule has 106 valence electrons. The molecule has 0 saturated carbocycles. The van der Waals surface area contributed by atoms with Gasteiger partial charge in [-0.15, -0.1) is 0 Å². The summed E-state index contributed by atoms with van der Waals surface area (Å²) in [6.45, 7) is 5.39. The van der Waals surface area contributed by atoms with Gasteiger partial charge in [0.05, 0.1) is 6.61 Å². The number of ether oxygens (including phenoxy) is 1. The first-order valence-corrected chi connectivity index (χ1v) is 6.94. The second-order valence-corrected chi connectivity index (χ2v) is 4.74. The summed E-state index contributed by atoms with van der Waals surface area (Å²) in [6.07, 6.45) is 1.07. The quantitative estimate of drug-likeness (QED) is 0.671. The Kier molecular flexibility index (Phi) is 7.40. The highest BCUT2D eigenvalue weighted by atomic mass is 32.1. The van der Waals surface area contributed by atoms with Crippen LogP contribution in [0.3, 0.4) is 0 Å². The molecule has 0 bridgehead atoms. The summed E-state index contributed by atoms with van der Waals surface area (Å²) in [5.41, 5.74) is 6.37. The number of benzene rings is 1. The van der Waals surface area contributed by atoms with Crippen LogP contribution in [0.1, 0.15) is 18.9 Å². The van der Waals surface area contributed by atoms with E-state index in [2.05, 4.69) is 11.8 Å². The maximum atomic E-state index is 8.96. The van der Waals surface area contributed by atoms with Gasteiger partial charge >= 0.3 is 0 Å². The van der Waals surface area contributed by atoms with E-state index in [1.165, 1.54) is 0 Å². The Hall–Kier alpha value is -1.17. The van der Waals surface area contributed by atoms with Gasteiger partial charge in [-0.3, -0.25) is 4.90 Å². The van der Waals surface area contributed by atoms with Gasteiger partial charge in [0.15, 0.2) is 0 Å². The van der Waals surface area contributed by atoms with E-state index in [0.29, 0.717) is 18.1 Å². The number of nitrogens with two attached hydrogens (primary N) is 1. The Bertz CT molecular complexity index is 376. The van der Waals surface area contributed by atoms with E-state index < -0.39 is 0 Å². The summed E-state index contributed by atoms with van der Waals surface area (Å²) in [4.78, 5) is 2.58. The third-order valence-corrected chi connectivity index (χ3v) is 3.01. The molecule has 0 saturated heterocycles. The molecular formula is C14H22N2O2S. The lowest BCUT2D eigenvalue weighted by Gasteiger charge is -2.20. The zero-order valence-corrected chi connectivity index (χ0v) is 12.2. The van der Waals surface area contributed by atoms with Crippen molar-refractivity contribution in [2.24, 2.45) is 5.73 Å². The predicted octanol–water partition coefficient (Wildman–Crippen LogP) is 1.40. The number of hydrogen-bond donors (Lipinski definition) is 2. The number of aliphatic hydroxyl groups is 1. The van der Waals surface area contributed by atoms with Gasteiger partial charge < -0.3 is 15.6 Å². The van der Waals surface area contributed by atoms with Gasteiger partial charge in [-0.25, -0.2) is 0 Å². The molecule has 1 rings (SSSR count). The normalized spacial score (nSPS) is 10.7. The molecule has 4 nitrogen and oxygen atoms in total. The first-order chi connectivity index (χ1) is 9.17. The Morgan fingerprint density at radius 2 is 1.95 bits per heavy atom. The maximum absolute atomic E-state index is 8.96. The molecule has 0 atom stereocenters. The Morgan fingerprint density at radius 3 is 2.47 bits per heavy atom. The number of hydrogen-bond acceptors (Lipinski definition) is 4. The maximum Gasteiger partial charge on any atom is 0.119 e. The van der Waals surface area contributed by atoms with E-state index in [0.717, 1.165) is 30.8 Å². The van der Waals surface area contributed by atoms with Crippen LogP contribution in [0.25, 0.3) is 0 Å². The van der Waals surface area contributed by atoms with Crippen LogP contribution in [-0.4, -0.2) is 47.8 Å². The Morgan fingerprint density at radius 1 is 1.26 bits per heavy atom. The summed E-state index contributed by atoms with van der Waals surface area (Å²) >= 11 is 4.89. The first kappa shape index (κ1) is 15.9. The van der Waals surface area contributed by atoms with Crippen molar-refractivity contribution < 1.29 is 9.84 Å². The van der Waals surface area contributed by atoms with Gasteiger partial charge in [0.1, 0.15) is 17.3 Å². The molecule has 0 aliphatic carbocycles. The molecule has 5 heteroatoms. The summed E-state index contributed by atoms with van der Waals surface area (Å²) in [5.74, 6) is 0.806. The number of rotatable bonds is 9. The molecule has 3 N–H and O–H groups in total. The lowest BCUT2D eigenvalue weighted by atomic mass is 10.2. The molecule has 1 aromatic carbocycles. The molecule has 0 heterocycles. The number of aliphatic hydroxyl groups excluding tert-OH is 1. The summed E-state index contributed by atoms with van der Waals surface area (Å²) in [7, 11) is 0. The second kappa shape index (κ2) is 8.85. The van der Waals surface area contributed by atoms with Gasteiger partial charge in [-0.2, -0.15) is 0 Å². The SMILES string of the molecule is CCCN(CCO)CCOc1ccc(C(N)=S)cc1. The fourth-order valence-corrected chi connectivity index (χ4v) is 1.94. The summed E-state index contributed by atoms with van der Waals surface area (Å²) in [5, 5.41) is 8.96. The van der Waals surface area contributed by atoms with E-state index in [1.807, 2.05) is 24.3 Å². The number of nitrogens with zero attached hydrogens (tertiary/aromatic N) is 1.